The Morgan fingerprint density at radius 1 is 1.44 bits per heavy atom. The quantitative estimate of drug-likeness (QED) is 0.789. The fraction of sp³-hybridized carbons (Fsp3) is 0.385. The van der Waals surface area contributed by atoms with Gasteiger partial charge >= 0.3 is 0 Å². The zero-order chi connectivity index (χ0) is 11.4. The number of hydrogen-bond acceptors (Lipinski definition) is 2. The summed E-state index contributed by atoms with van der Waals surface area (Å²) in [5.74, 6) is 5.73. The molecule has 1 aliphatic rings. The van der Waals surface area contributed by atoms with E-state index in [2.05, 4.69) is 11.8 Å². The Morgan fingerprint density at radius 3 is 2.88 bits per heavy atom. The summed E-state index contributed by atoms with van der Waals surface area (Å²) in [5.41, 5.74) is 0.285. The third-order valence-electron chi connectivity index (χ3n) is 2.43. The Labute approximate surface area is 94.1 Å². The third kappa shape index (κ3) is 2.98. The van der Waals surface area contributed by atoms with E-state index in [9.17, 15) is 4.39 Å². The molecule has 1 N–H and O–H groups in total. The summed E-state index contributed by atoms with van der Waals surface area (Å²) in [7, 11) is 0. The van der Waals surface area contributed by atoms with Crippen LogP contribution in [-0.2, 0) is 0 Å². The second-order valence-electron chi connectivity index (χ2n) is 3.86. The monoisotopic (exact) mass is 220 g/mol. The number of benzene rings is 1. The van der Waals surface area contributed by atoms with Crippen LogP contribution in [0.25, 0.3) is 0 Å². The van der Waals surface area contributed by atoms with Gasteiger partial charge in [-0.25, -0.2) is 4.39 Å². The van der Waals surface area contributed by atoms with Crippen molar-refractivity contribution in [3.63, 3.8) is 0 Å². The van der Waals surface area contributed by atoms with Gasteiger partial charge in [-0.05, 0) is 30.9 Å². The molecule has 2 rings (SSSR count). The van der Waals surface area contributed by atoms with Crippen LogP contribution < -0.4 is 4.74 Å². The lowest BCUT2D eigenvalue weighted by molar-refractivity contribution is 0.298. The van der Waals surface area contributed by atoms with E-state index in [0.29, 0.717) is 18.3 Å². The molecule has 0 radical (unpaired) electrons. The predicted octanol–water partition coefficient (Wildman–Crippen LogP) is 1.96. The Kier molecular flexibility index (Phi) is 3.43. The Hall–Kier alpha value is -1.53. The van der Waals surface area contributed by atoms with Crippen LogP contribution in [0, 0.1) is 23.6 Å². The molecule has 16 heavy (non-hydrogen) atoms. The van der Waals surface area contributed by atoms with Crippen molar-refractivity contribution in [2.45, 2.75) is 12.8 Å². The normalized spacial score (nSPS) is 14.1. The average Bonchev–Trinajstić information content (AvgIpc) is 3.09. The number of aliphatic hydroxyl groups is 1. The summed E-state index contributed by atoms with van der Waals surface area (Å²) in [6, 6.07) is 4.61. The highest BCUT2D eigenvalue weighted by Gasteiger charge is 2.21. The van der Waals surface area contributed by atoms with E-state index < -0.39 is 5.82 Å². The average molecular weight is 220 g/mol. The van der Waals surface area contributed by atoms with Gasteiger partial charge in [-0.15, -0.1) is 0 Å². The minimum absolute atomic E-state index is 0.265. The van der Waals surface area contributed by atoms with Gasteiger partial charge in [0.1, 0.15) is 18.2 Å². The lowest BCUT2D eigenvalue weighted by Gasteiger charge is -2.05. The summed E-state index contributed by atoms with van der Waals surface area (Å²) in [6.45, 7) is 0.403. The molecule has 0 spiro atoms. The van der Waals surface area contributed by atoms with Gasteiger partial charge < -0.3 is 9.84 Å². The first kappa shape index (κ1) is 11.0. The summed E-state index contributed by atoms with van der Waals surface area (Å²) >= 11 is 0. The van der Waals surface area contributed by atoms with Crippen molar-refractivity contribution in [3.05, 3.63) is 29.6 Å². The number of aliphatic hydroxyl groups excluding tert-OH is 1. The van der Waals surface area contributed by atoms with Crippen LogP contribution in [0.2, 0.25) is 0 Å². The fourth-order valence-corrected chi connectivity index (χ4v) is 1.32. The molecule has 3 heteroatoms. The molecule has 0 aliphatic heterocycles. The van der Waals surface area contributed by atoms with Crippen molar-refractivity contribution >= 4 is 0 Å². The Balaban J connectivity index is 2.02. The molecule has 0 unspecified atom stereocenters. The topological polar surface area (TPSA) is 29.5 Å². The highest BCUT2D eigenvalue weighted by Crippen LogP contribution is 2.29. The van der Waals surface area contributed by atoms with Crippen LogP contribution in [0.1, 0.15) is 18.4 Å². The molecule has 0 bridgehead atoms. The van der Waals surface area contributed by atoms with Gasteiger partial charge in [0.05, 0.1) is 12.2 Å². The van der Waals surface area contributed by atoms with Gasteiger partial charge in [-0.2, -0.15) is 0 Å². The maximum absolute atomic E-state index is 13.4. The molecule has 84 valence electrons. The molecule has 1 aromatic rings. The van der Waals surface area contributed by atoms with Crippen molar-refractivity contribution in [1.29, 1.82) is 0 Å². The van der Waals surface area contributed by atoms with E-state index in [-0.39, 0.29) is 12.2 Å². The van der Waals surface area contributed by atoms with Gasteiger partial charge in [0.15, 0.2) is 0 Å². The van der Waals surface area contributed by atoms with Gasteiger partial charge in [0, 0.05) is 6.07 Å². The molecule has 0 atom stereocenters. The molecule has 0 aromatic heterocycles. The molecular weight excluding hydrogens is 207 g/mol. The largest absolute Gasteiger partial charge is 0.493 e. The molecule has 0 saturated heterocycles. The molecular formula is C13H13FO2. The van der Waals surface area contributed by atoms with Crippen LogP contribution in [0.3, 0.4) is 0 Å². The minimum Gasteiger partial charge on any atom is -0.493 e. The number of hydrogen-bond donors (Lipinski definition) is 1. The molecule has 1 saturated carbocycles. The smallest absolute Gasteiger partial charge is 0.142 e. The van der Waals surface area contributed by atoms with Crippen LogP contribution in [0.5, 0.6) is 5.75 Å². The molecule has 0 heterocycles. The minimum atomic E-state index is -0.408. The fourth-order valence-electron chi connectivity index (χ4n) is 1.32. The van der Waals surface area contributed by atoms with E-state index in [1.165, 1.54) is 18.9 Å². The maximum atomic E-state index is 13.4. The van der Waals surface area contributed by atoms with Crippen molar-refractivity contribution in [1.82, 2.24) is 0 Å². The summed E-state index contributed by atoms with van der Waals surface area (Å²) in [5, 5.41) is 8.50. The van der Waals surface area contributed by atoms with Crippen molar-refractivity contribution in [3.8, 4) is 17.6 Å². The van der Waals surface area contributed by atoms with Crippen molar-refractivity contribution < 1.29 is 14.2 Å². The zero-order valence-electron chi connectivity index (χ0n) is 8.87. The van der Waals surface area contributed by atoms with E-state index >= 15 is 0 Å². The van der Waals surface area contributed by atoms with Crippen LogP contribution in [0.15, 0.2) is 18.2 Å². The molecule has 1 aromatic carbocycles. The van der Waals surface area contributed by atoms with E-state index in [4.69, 9.17) is 9.84 Å². The highest BCUT2D eigenvalue weighted by atomic mass is 19.1. The maximum Gasteiger partial charge on any atom is 0.142 e. The summed E-state index contributed by atoms with van der Waals surface area (Å²) in [6.07, 6.45) is 2.42. The molecule has 1 aliphatic carbocycles. The third-order valence-corrected chi connectivity index (χ3v) is 2.43. The molecule has 0 amide bonds. The predicted molar refractivity (Wildman–Crippen MR) is 58.6 cm³/mol. The van der Waals surface area contributed by atoms with Gasteiger partial charge in [-0.3, -0.25) is 0 Å². The van der Waals surface area contributed by atoms with Gasteiger partial charge in [0.25, 0.3) is 0 Å². The first-order valence-electron chi connectivity index (χ1n) is 5.31. The first-order chi connectivity index (χ1) is 7.79. The van der Waals surface area contributed by atoms with Crippen molar-refractivity contribution in [2.24, 2.45) is 5.92 Å². The van der Waals surface area contributed by atoms with Crippen molar-refractivity contribution in [2.75, 3.05) is 13.2 Å². The number of ether oxygens (including phenoxy) is 1. The van der Waals surface area contributed by atoms with E-state index in [1.54, 1.807) is 12.1 Å². The lowest BCUT2D eigenvalue weighted by atomic mass is 10.2. The van der Waals surface area contributed by atoms with Crippen LogP contribution >= 0.6 is 0 Å². The zero-order valence-corrected chi connectivity index (χ0v) is 8.87. The van der Waals surface area contributed by atoms with Gasteiger partial charge in [-0.1, -0.05) is 11.8 Å². The van der Waals surface area contributed by atoms with E-state index in [0.717, 1.165) is 0 Å². The van der Waals surface area contributed by atoms with Crippen LogP contribution in [-0.4, -0.2) is 18.3 Å². The van der Waals surface area contributed by atoms with Gasteiger partial charge in [0.2, 0.25) is 0 Å². The lowest BCUT2D eigenvalue weighted by Crippen LogP contribution is -1.99. The summed E-state index contributed by atoms with van der Waals surface area (Å²) < 4.78 is 18.9. The first-order valence-corrected chi connectivity index (χ1v) is 5.31. The second-order valence-corrected chi connectivity index (χ2v) is 3.86. The Bertz CT molecular complexity index is 427. The summed E-state index contributed by atoms with van der Waals surface area (Å²) in [4.78, 5) is 0. The standard InChI is InChI=1S/C13H13FO2/c14-13-8-12(16-9-10-3-4-10)6-5-11(13)2-1-7-15/h5-6,8,10,15H,3-4,7,9H2. The SMILES string of the molecule is OCC#Cc1ccc(OCC2CC2)cc1F. The molecule has 1 fully saturated rings. The second kappa shape index (κ2) is 5.00. The number of rotatable bonds is 3. The molecule has 2 nitrogen and oxygen atoms in total. The highest BCUT2D eigenvalue weighted by molar-refractivity contribution is 5.39. The number of halogens is 1. The van der Waals surface area contributed by atoms with Crippen LogP contribution in [0.4, 0.5) is 4.39 Å². The Morgan fingerprint density at radius 2 is 2.25 bits per heavy atom. The van der Waals surface area contributed by atoms with E-state index in [1.807, 2.05) is 0 Å².